The van der Waals surface area contributed by atoms with E-state index in [1.54, 1.807) is 0 Å². The zero-order valence-corrected chi connectivity index (χ0v) is 16.0. The van der Waals surface area contributed by atoms with Crippen LogP contribution in [-0.4, -0.2) is 25.9 Å². The van der Waals surface area contributed by atoms with Crippen LogP contribution in [-0.2, 0) is 11.3 Å². The van der Waals surface area contributed by atoms with E-state index in [1.807, 2.05) is 67.8 Å². The van der Waals surface area contributed by atoms with Gasteiger partial charge in [0.2, 0.25) is 5.91 Å². The van der Waals surface area contributed by atoms with Crippen LogP contribution < -0.4 is 5.32 Å². The number of rotatable bonds is 6. The maximum absolute atomic E-state index is 12.6. The van der Waals surface area contributed by atoms with Gasteiger partial charge in [-0.25, -0.2) is 0 Å². The molecule has 2 aromatic carbocycles. The Morgan fingerprint density at radius 1 is 1.08 bits per heavy atom. The molecule has 6 heteroatoms. The van der Waals surface area contributed by atoms with Crippen LogP contribution in [0, 0.1) is 13.8 Å². The molecule has 0 bridgehead atoms. The SMILES string of the molecule is Cc1ccccc1NC(=O)C(C)Sc1nnc(C)n1Cc1ccccc1. The molecule has 0 aliphatic rings. The lowest BCUT2D eigenvalue weighted by atomic mass is 10.2. The van der Waals surface area contributed by atoms with Gasteiger partial charge in [0.25, 0.3) is 0 Å². The van der Waals surface area contributed by atoms with Crippen LogP contribution in [0.1, 0.15) is 23.9 Å². The van der Waals surface area contributed by atoms with Gasteiger partial charge in [-0.3, -0.25) is 4.79 Å². The Balaban J connectivity index is 1.70. The fourth-order valence-electron chi connectivity index (χ4n) is 2.56. The van der Waals surface area contributed by atoms with Crippen LogP contribution in [0.4, 0.5) is 5.69 Å². The van der Waals surface area contributed by atoms with Crippen molar-refractivity contribution in [1.82, 2.24) is 14.8 Å². The summed E-state index contributed by atoms with van der Waals surface area (Å²) in [6.45, 7) is 6.48. The second-order valence-corrected chi connectivity index (χ2v) is 7.47. The summed E-state index contributed by atoms with van der Waals surface area (Å²) in [5.74, 6) is 0.791. The van der Waals surface area contributed by atoms with E-state index in [4.69, 9.17) is 0 Å². The van der Waals surface area contributed by atoms with Crippen molar-refractivity contribution in [1.29, 1.82) is 0 Å². The quantitative estimate of drug-likeness (QED) is 0.668. The maximum atomic E-state index is 12.6. The molecule has 134 valence electrons. The minimum atomic E-state index is -0.285. The van der Waals surface area contributed by atoms with E-state index in [2.05, 4.69) is 27.6 Å². The smallest absolute Gasteiger partial charge is 0.237 e. The van der Waals surface area contributed by atoms with E-state index >= 15 is 0 Å². The number of hydrogen-bond acceptors (Lipinski definition) is 4. The summed E-state index contributed by atoms with van der Waals surface area (Å²) < 4.78 is 2.04. The number of benzene rings is 2. The van der Waals surface area contributed by atoms with Gasteiger partial charge in [-0.15, -0.1) is 10.2 Å². The normalized spacial score (nSPS) is 12.0. The molecule has 0 spiro atoms. The Morgan fingerprint density at radius 2 is 1.77 bits per heavy atom. The third kappa shape index (κ3) is 4.32. The lowest BCUT2D eigenvalue weighted by molar-refractivity contribution is -0.115. The number of carbonyl (C=O) groups excluding carboxylic acids is 1. The third-order valence-electron chi connectivity index (χ3n) is 4.14. The number of hydrogen-bond donors (Lipinski definition) is 1. The van der Waals surface area contributed by atoms with E-state index in [0.29, 0.717) is 6.54 Å². The van der Waals surface area contributed by atoms with E-state index < -0.39 is 0 Å². The van der Waals surface area contributed by atoms with Crippen LogP contribution in [0.15, 0.2) is 59.8 Å². The van der Waals surface area contributed by atoms with Crippen molar-refractivity contribution >= 4 is 23.4 Å². The molecule has 0 fully saturated rings. The number of nitrogens with one attached hydrogen (secondary N) is 1. The first-order valence-corrected chi connectivity index (χ1v) is 9.39. The second-order valence-electron chi connectivity index (χ2n) is 6.17. The molecule has 0 aliphatic heterocycles. The fourth-order valence-corrected chi connectivity index (χ4v) is 3.45. The van der Waals surface area contributed by atoms with Crippen molar-refractivity contribution in [2.75, 3.05) is 5.32 Å². The summed E-state index contributed by atoms with van der Waals surface area (Å²) in [7, 11) is 0. The highest BCUT2D eigenvalue weighted by molar-refractivity contribution is 8.00. The molecule has 0 aliphatic carbocycles. The Labute approximate surface area is 157 Å². The van der Waals surface area contributed by atoms with Gasteiger partial charge in [0, 0.05) is 5.69 Å². The average molecular weight is 366 g/mol. The standard InChI is InChI=1S/C20H22N4OS/c1-14-9-7-8-12-18(14)21-19(25)15(2)26-20-23-22-16(3)24(20)13-17-10-5-4-6-11-17/h4-12,15H,13H2,1-3H3,(H,21,25). The summed E-state index contributed by atoms with van der Waals surface area (Å²) in [6.07, 6.45) is 0. The third-order valence-corrected chi connectivity index (χ3v) is 5.22. The molecular weight excluding hydrogens is 344 g/mol. The van der Waals surface area contributed by atoms with E-state index in [-0.39, 0.29) is 11.2 Å². The topological polar surface area (TPSA) is 59.8 Å². The Bertz CT molecular complexity index is 892. The molecular formula is C20H22N4OS. The number of anilines is 1. The molecule has 1 unspecified atom stereocenters. The zero-order valence-electron chi connectivity index (χ0n) is 15.1. The molecule has 1 aromatic heterocycles. The number of amides is 1. The Morgan fingerprint density at radius 3 is 2.50 bits per heavy atom. The van der Waals surface area contributed by atoms with E-state index in [9.17, 15) is 4.79 Å². The van der Waals surface area contributed by atoms with Crippen LogP contribution >= 0.6 is 11.8 Å². The number of thioether (sulfide) groups is 1. The number of aryl methyl sites for hydroxylation is 2. The molecule has 0 saturated heterocycles. The second kappa shape index (κ2) is 8.19. The zero-order chi connectivity index (χ0) is 18.5. The predicted octanol–water partition coefficient (Wildman–Crippen LogP) is 4.06. The van der Waals surface area contributed by atoms with Crippen molar-refractivity contribution in [2.45, 2.75) is 37.7 Å². The molecule has 26 heavy (non-hydrogen) atoms. The number of aromatic nitrogens is 3. The largest absolute Gasteiger partial charge is 0.325 e. The molecule has 1 N–H and O–H groups in total. The summed E-state index contributed by atoms with van der Waals surface area (Å²) in [4.78, 5) is 12.6. The van der Waals surface area contributed by atoms with E-state index in [1.165, 1.54) is 17.3 Å². The fraction of sp³-hybridized carbons (Fsp3) is 0.250. The Kier molecular flexibility index (Phi) is 5.73. The van der Waals surface area contributed by atoms with Crippen molar-refractivity contribution < 1.29 is 4.79 Å². The monoisotopic (exact) mass is 366 g/mol. The van der Waals surface area contributed by atoms with Gasteiger partial charge < -0.3 is 9.88 Å². The number of carbonyl (C=O) groups is 1. The molecule has 1 atom stereocenters. The number of nitrogens with zero attached hydrogens (tertiary/aromatic N) is 3. The first-order chi connectivity index (χ1) is 12.5. The minimum Gasteiger partial charge on any atom is -0.325 e. The van der Waals surface area contributed by atoms with Gasteiger partial charge in [-0.2, -0.15) is 0 Å². The van der Waals surface area contributed by atoms with Gasteiger partial charge in [-0.05, 0) is 38.0 Å². The van der Waals surface area contributed by atoms with Crippen molar-refractivity contribution in [3.63, 3.8) is 0 Å². The van der Waals surface area contributed by atoms with Gasteiger partial charge >= 0.3 is 0 Å². The molecule has 1 heterocycles. The molecule has 0 radical (unpaired) electrons. The summed E-state index contributed by atoms with van der Waals surface area (Å²) in [5, 5.41) is 11.9. The summed E-state index contributed by atoms with van der Waals surface area (Å²) in [5.41, 5.74) is 3.06. The lowest BCUT2D eigenvalue weighted by Gasteiger charge is -2.14. The van der Waals surface area contributed by atoms with Gasteiger partial charge in [0.1, 0.15) is 5.82 Å². The first-order valence-electron chi connectivity index (χ1n) is 8.51. The van der Waals surface area contributed by atoms with Crippen LogP contribution in [0.5, 0.6) is 0 Å². The first kappa shape index (κ1) is 18.2. The van der Waals surface area contributed by atoms with Crippen LogP contribution in [0.25, 0.3) is 0 Å². The highest BCUT2D eigenvalue weighted by Crippen LogP contribution is 2.24. The van der Waals surface area contributed by atoms with E-state index in [0.717, 1.165) is 22.2 Å². The van der Waals surface area contributed by atoms with Gasteiger partial charge in [0.15, 0.2) is 5.16 Å². The average Bonchev–Trinajstić information content (AvgIpc) is 2.98. The van der Waals surface area contributed by atoms with Gasteiger partial charge in [0.05, 0.1) is 11.8 Å². The molecule has 1 amide bonds. The maximum Gasteiger partial charge on any atom is 0.237 e. The molecule has 3 aromatic rings. The summed E-state index contributed by atoms with van der Waals surface area (Å²) in [6, 6.07) is 17.9. The minimum absolute atomic E-state index is 0.0452. The Hall–Kier alpha value is -2.60. The highest BCUT2D eigenvalue weighted by atomic mass is 32.2. The number of para-hydroxylation sites is 1. The molecule has 3 rings (SSSR count). The van der Waals surface area contributed by atoms with Crippen LogP contribution in [0.3, 0.4) is 0 Å². The van der Waals surface area contributed by atoms with Crippen molar-refractivity contribution in [3.05, 3.63) is 71.5 Å². The molecule has 5 nitrogen and oxygen atoms in total. The van der Waals surface area contributed by atoms with Crippen LogP contribution in [0.2, 0.25) is 0 Å². The van der Waals surface area contributed by atoms with Gasteiger partial charge in [-0.1, -0.05) is 60.3 Å². The lowest BCUT2D eigenvalue weighted by Crippen LogP contribution is -2.23. The highest BCUT2D eigenvalue weighted by Gasteiger charge is 2.19. The predicted molar refractivity (Wildman–Crippen MR) is 105 cm³/mol. The summed E-state index contributed by atoms with van der Waals surface area (Å²) >= 11 is 1.42. The molecule has 0 saturated carbocycles. The van der Waals surface area contributed by atoms with Crippen molar-refractivity contribution in [3.8, 4) is 0 Å². The van der Waals surface area contributed by atoms with Crippen molar-refractivity contribution in [2.24, 2.45) is 0 Å².